The van der Waals surface area contributed by atoms with Crippen molar-refractivity contribution in [3.63, 3.8) is 0 Å². The molecule has 1 amide bonds. The predicted octanol–water partition coefficient (Wildman–Crippen LogP) is 4.15. The summed E-state index contributed by atoms with van der Waals surface area (Å²) in [5, 5.41) is 10.1. The van der Waals surface area contributed by atoms with Crippen molar-refractivity contribution < 1.29 is 14.6 Å². The van der Waals surface area contributed by atoms with Crippen LogP contribution in [0.4, 0.5) is 0 Å². The Morgan fingerprint density at radius 3 is 2.56 bits per heavy atom. The van der Waals surface area contributed by atoms with Crippen LogP contribution in [0.25, 0.3) is 0 Å². The van der Waals surface area contributed by atoms with Crippen molar-refractivity contribution in [3.05, 3.63) is 59.2 Å². The van der Waals surface area contributed by atoms with Crippen LogP contribution < -0.4 is 4.74 Å². The molecule has 25 heavy (non-hydrogen) atoms. The second-order valence-corrected chi connectivity index (χ2v) is 6.94. The second kappa shape index (κ2) is 7.18. The third kappa shape index (κ3) is 3.63. The molecule has 1 N–H and O–H groups in total. The molecule has 0 bridgehead atoms. The van der Waals surface area contributed by atoms with Gasteiger partial charge in [-0.2, -0.15) is 0 Å². The maximum atomic E-state index is 12.9. The molecule has 0 aromatic heterocycles. The fourth-order valence-corrected chi connectivity index (χ4v) is 3.35. The normalized spacial score (nSPS) is 17.1. The molecule has 1 atom stereocenters. The number of methoxy groups -OCH3 is 1. The molecule has 3 rings (SSSR count). The number of nitrogens with zero attached hydrogens (tertiary/aromatic N) is 1. The first-order valence-electron chi connectivity index (χ1n) is 8.75. The number of carbonyl (C=O) groups excluding carboxylic acids is 1. The van der Waals surface area contributed by atoms with Crippen LogP contribution in [-0.4, -0.2) is 36.1 Å². The Morgan fingerprint density at radius 2 is 1.92 bits per heavy atom. The van der Waals surface area contributed by atoms with Crippen molar-refractivity contribution in [1.29, 1.82) is 0 Å². The van der Waals surface area contributed by atoms with Gasteiger partial charge in [0.25, 0.3) is 5.91 Å². The molecule has 1 saturated heterocycles. The first-order valence-corrected chi connectivity index (χ1v) is 8.75. The quantitative estimate of drug-likeness (QED) is 0.910. The third-order valence-electron chi connectivity index (χ3n) is 4.98. The van der Waals surface area contributed by atoms with E-state index in [-0.39, 0.29) is 11.7 Å². The van der Waals surface area contributed by atoms with E-state index in [1.165, 1.54) is 5.56 Å². The first kappa shape index (κ1) is 17.3. The monoisotopic (exact) mass is 339 g/mol. The first-order chi connectivity index (χ1) is 12.0. The molecule has 132 valence electrons. The van der Waals surface area contributed by atoms with Gasteiger partial charge in [-0.05, 0) is 47.7 Å². The second-order valence-electron chi connectivity index (χ2n) is 6.94. The van der Waals surface area contributed by atoms with Crippen molar-refractivity contribution in [2.24, 2.45) is 0 Å². The molecule has 4 nitrogen and oxygen atoms in total. The Morgan fingerprint density at radius 1 is 1.20 bits per heavy atom. The summed E-state index contributed by atoms with van der Waals surface area (Å²) in [6, 6.07) is 13.4. The summed E-state index contributed by atoms with van der Waals surface area (Å²) < 4.78 is 5.20. The number of likely N-dealkylation sites (tertiary alicyclic amines) is 1. The minimum absolute atomic E-state index is 0.0577. The van der Waals surface area contributed by atoms with E-state index in [4.69, 9.17) is 4.74 Å². The number of hydrogen-bond acceptors (Lipinski definition) is 3. The highest BCUT2D eigenvalue weighted by Crippen LogP contribution is 2.31. The molecule has 2 aromatic rings. The molecule has 0 spiro atoms. The van der Waals surface area contributed by atoms with E-state index in [0.29, 0.717) is 30.5 Å². The van der Waals surface area contributed by atoms with Gasteiger partial charge in [0.15, 0.2) is 0 Å². The van der Waals surface area contributed by atoms with E-state index < -0.39 is 0 Å². The molecule has 1 aliphatic heterocycles. The van der Waals surface area contributed by atoms with Crippen LogP contribution in [0.2, 0.25) is 0 Å². The van der Waals surface area contributed by atoms with Gasteiger partial charge in [-0.1, -0.05) is 32.0 Å². The smallest absolute Gasteiger partial charge is 0.257 e. The van der Waals surface area contributed by atoms with E-state index in [2.05, 4.69) is 26.0 Å². The highest BCUT2D eigenvalue weighted by Gasteiger charge is 2.29. The Balaban J connectivity index is 1.75. The number of hydrogen-bond donors (Lipinski definition) is 1. The van der Waals surface area contributed by atoms with E-state index in [9.17, 15) is 9.90 Å². The fourth-order valence-electron chi connectivity index (χ4n) is 3.35. The lowest BCUT2D eigenvalue weighted by Crippen LogP contribution is -2.28. The largest absolute Gasteiger partial charge is 0.507 e. The highest BCUT2D eigenvalue weighted by atomic mass is 16.5. The third-order valence-corrected chi connectivity index (χ3v) is 4.98. The zero-order valence-electron chi connectivity index (χ0n) is 15.0. The van der Waals surface area contributed by atoms with Gasteiger partial charge in [-0.3, -0.25) is 4.79 Å². The van der Waals surface area contributed by atoms with Gasteiger partial charge in [-0.15, -0.1) is 0 Å². The van der Waals surface area contributed by atoms with E-state index in [1.807, 2.05) is 29.2 Å². The van der Waals surface area contributed by atoms with Gasteiger partial charge in [0.05, 0.1) is 12.7 Å². The average molecular weight is 339 g/mol. The molecular weight excluding hydrogens is 314 g/mol. The maximum Gasteiger partial charge on any atom is 0.257 e. The summed E-state index contributed by atoms with van der Waals surface area (Å²) in [6.45, 7) is 5.55. The summed E-state index contributed by atoms with van der Waals surface area (Å²) in [4.78, 5) is 14.7. The number of carbonyl (C=O) groups is 1. The van der Waals surface area contributed by atoms with Crippen LogP contribution >= 0.6 is 0 Å². The number of rotatable bonds is 4. The van der Waals surface area contributed by atoms with Gasteiger partial charge >= 0.3 is 0 Å². The Labute approximate surface area is 149 Å². The lowest BCUT2D eigenvalue weighted by Gasteiger charge is -2.18. The number of amides is 1. The lowest BCUT2D eigenvalue weighted by molar-refractivity contribution is 0.0787. The van der Waals surface area contributed by atoms with E-state index in [1.54, 1.807) is 13.2 Å². The Hall–Kier alpha value is -2.49. The van der Waals surface area contributed by atoms with Gasteiger partial charge < -0.3 is 14.7 Å². The zero-order chi connectivity index (χ0) is 18.0. The molecule has 0 saturated carbocycles. The number of aromatic hydroxyl groups is 1. The SMILES string of the molecule is COc1ccc(C2CCN(C(=O)c3cc(C(C)C)ccc3O)C2)cc1. The molecule has 1 aliphatic rings. The standard InChI is InChI=1S/C21H25NO3/c1-14(2)16-6-9-20(23)19(12-16)21(24)22-11-10-17(13-22)15-4-7-18(25-3)8-5-15/h4-9,12,14,17,23H,10-11,13H2,1-3H3. The Bertz CT molecular complexity index is 752. The van der Waals surface area contributed by atoms with Crippen LogP contribution in [-0.2, 0) is 0 Å². The zero-order valence-corrected chi connectivity index (χ0v) is 15.0. The lowest BCUT2D eigenvalue weighted by atomic mass is 9.98. The molecule has 1 heterocycles. The Kier molecular flexibility index (Phi) is 4.98. The van der Waals surface area contributed by atoms with E-state index >= 15 is 0 Å². The molecule has 4 heteroatoms. The van der Waals surface area contributed by atoms with Crippen LogP contribution in [0.5, 0.6) is 11.5 Å². The van der Waals surface area contributed by atoms with Crippen molar-refractivity contribution in [2.45, 2.75) is 32.1 Å². The molecule has 2 aromatic carbocycles. The van der Waals surface area contributed by atoms with Crippen LogP contribution in [0.3, 0.4) is 0 Å². The minimum Gasteiger partial charge on any atom is -0.507 e. The number of benzene rings is 2. The predicted molar refractivity (Wildman–Crippen MR) is 98.5 cm³/mol. The maximum absolute atomic E-state index is 12.9. The van der Waals surface area contributed by atoms with Crippen molar-refractivity contribution in [2.75, 3.05) is 20.2 Å². The summed E-state index contributed by atoms with van der Waals surface area (Å²) in [6.07, 6.45) is 0.933. The topological polar surface area (TPSA) is 49.8 Å². The summed E-state index contributed by atoms with van der Waals surface area (Å²) >= 11 is 0. The molecule has 1 fully saturated rings. The van der Waals surface area contributed by atoms with Gasteiger partial charge in [0.1, 0.15) is 11.5 Å². The fraction of sp³-hybridized carbons (Fsp3) is 0.381. The van der Waals surface area contributed by atoms with Crippen LogP contribution in [0.15, 0.2) is 42.5 Å². The van der Waals surface area contributed by atoms with E-state index in [0.717, 1.165) is 17.7 Å². The number of phenols is 1. The van der Waals surface area contributed by atoms with Crippen molar-refractivity contribution in [1.82, 2.24) is 4.90 Å². The summed E-state index contributed by atoms with van der Waals surface area (Å²) in [7, 11) is 1.66. The number of phenolic OH excluding ortho intramolecular Hbond substituents is 1. The molecular formula is C21H25NO3. The average Bonchev–Trinajstić information content (AvgIpc) is 3.11. The van der Waals surface area contributed by atoms with Crippen LogP contribution in [0.1, 0.15) is 53.6 Å². The van der Waals surface area contributed by atoms with Crippen molar-refractivity contribution >= 4 is 5.91 Å². The molecule has 0 aliphatic carbocycles. The highest BCUT2D eigenvalue weighted by molar-refractivity contribution is 5.97. The molecule has 1 unspecified atom stereocenters. The molecule has 0 radical (unpaired) electrons. The van der Waals surface area contributed by atoms with Gasteiger partial charge in [-0.25, -0.2) is 0 Å². The minimum atomic E-state index is -0.0870. The number of ether oxygens (including phenoxy) is 1. The van der Waals surface area contributed by atoms with Gasteiger partial charge in [0, 0.05) is 19.0 Å². The van der Waals surface area contributed by atoms with Crippen LogP contribution in [0, 0.1) is 0 Å². The summed E-state index contributed by atoms with van der Waals surface area (Å²) in [5.74, 6) is 1.45. The van der Waals surface area contributed by atoms with Gasteiger partial charge in [0.2, 0.25) is 0 Å². The summed E-state index contributed by atoms with van der Waals surface area (Å²) in [5.41, 5.74) is 2.69. The van der Waals surface area contributed by atoms with Crippen molar-refractivity contribution in [3.8, 4) is 11.5 Å².